The minimum absolute atomic E-state index is 0.00954. The number of non-ortho nitro benzene ring substituents is 1. The van der Waals surface area contributed by atoms with E-state index in [1.807, 2.05) is 6.92 Å². The number of fused-ring (bicyclic) bond motifs is 1. The summed E-state index contributed by atoms with van der Waals surface area (Å²) in [5.41, 5.74) is 0.662. The molecule has 1 fully saturated rings. The summed E-state index contributed by atoms with van der Waals surface area (Å²) in [5.74, 6) is -0.629. The first kappa shape index (κ1) is 21.8. The highest BCUT2D eigenvalue weighted by atomic mass is 32.2. The lowest BCUT2D eigenvalue weighted by molar-refractivity contribution is -0.384. The number of thiophene rings is 1. The van der Waals surface area contributed by atoms with Crippen LogP contribution in [-0.2, 0) is 21.4 Å². The van der Waals surface area contributed by atoms with Crippen LogP contribution >= 0.6 is 22.7 Å². The highest BCUT2D eigenvalue weighted by molar-refractivity contribution is 7.91. The Bertz CT molecular complexity index is 1300. The molecule has 9 nitrogen and oxygen atoms in total. The van der Waals surface area contributed by atoms with Crippen molar-refractivity contribution >= 4 is 54.5 Å². The molecular weight excluding hydrogens is 460 g/mol. The molecule has 1 aromatic carbocycles. The number of piperidine rings is 1. The largest absolute Gasteiger partial charge is 0.316 e. The molecule has 1 saturated heterocycles. The van der Waals surface area contributed by atoms with E-state index >= 15 is 0 Å². The fourth-order valence-corrected chi connectivity index (χ4v) is 7.32. The third-order valence-electron chi connectivity index (χ3n) is 5.29. The number of aryl methyl sites for hydroxylation is 1. The van der Waals surface area contributed by atoms with Crippen LogP contribution in [0.3, 0.4) is 0 Å². The van der Waals surface area contributed by atoms with Gasteiger partial charge in [0, 0.05) is 37.7 Å². The number of nitro benzene ring substituents is 1. The highest BCUT2D eigenvalue weighted by Crippen LogP contribution is 2.27. The SMILES string of the molecule is CCn1c(=NC(=O)C2CCN(S(=O)(=O)c3cccs3)CC2)sc2ccc([N+](=O)[O-])cc21. The second-order valence-corrected chi connectivity index (χ2v) is 11.2. The third-order valence-corrected chi connectivity index (χ3v) is 9.62. The average molecular weight is 481 g/mol. The summed E-state index contributed by atoms with van der Waals surface area (Å²) < 4.78 is 29.6. The number of thiazole rings is 1. The van der Waals surface area contributed by atoms with Gasteiger partial charge in [0.25, 0.3) is 21.6 Å². The highest BCUT2D eigenvalue weighted by Gasteiger charge is 2.32. The van der Waals surface area contributed by atoms with Crippen LogP contribution in [0.4, 0.5) is 5.69 Å². The number of nitrogens with zero attached hydrogens (tertiary/aromatic N) is 4. The summed E-state index contributed by atoms with van der Waals surface area (Å²) in [6, 6.07) is 7.89. The lowest BCUT2D eigenvalue weighted by atomic mass is 9.98. The van der Waals surface area contributed by atoms with Crippen molar-refractivity contribution in [3.8, 4) is 0 Å². The molecule has 0 aliphatic carbocycles. The van der Waals surface area contributed by atoms with E-state index in [-0.39, 0.29) is 30.6 Å². The lowest BCUT2D eigenvalue weighted by Gasteiger charge is -2.29. The Morgan fingerprint density at radius 3 is 2.65 bits per heavy atom. The molecule has 0 unspecified atom stereocenters. The number of rotatable bonds is 5. The molecule has 3 aromatic rings. The zero-order valence-corrected chi connectivity index (χ0v) is 19.1. The van der Waals surface area contributed by atoms with Crippen LogP contribution in [0.1, 0.15) is 19.8 Å². The van der Waals surface area contributed by atoms with E-state index in [0.29, 0.717) is 33.9 Å². The summed E-state index contributed by atoms with van der Waals surface area (Å²) in [5, 5.41) is 12.8. The Labute approximate surface area is 186 Å². The number of hydrogen-bond donors (Lipinski definition) is 0. The summed E-state index contributed by atoms with van der Waals surface area (Å²) in [6.07, 6.45) is 0.824. The summed E-state index contributed by atoms with van der Waals surface area (Å²) in [4.78, 5) is 28.3. The molecule has 0 bridgehead atoms. The van der Waals surface area contributed by atoms with Crippen LogP contribution in [0, 0.1) is 16.0 Å². The fourth-order valence-electron chi connectivity index (χ4n) is 3.63. The molecular formula is C19H20N4O5S3. The van der Waals surface area contributed by atoms with Gasteiger partial charge in [0.1, 0.15) is 4.21 Å². The lowest BCUT2D eigenvalue weighted by Crippen LogP contribution is -2.40. The van der Waals surface area contributed by atoms with Gasteiger partial charge in [0.2, 0.25) is 0 Å². The number of aromatic nitrogens is 1. The fraction of sp³-hybridized carbons (Fsp3) is 0.368. The van der Waals surface area contributed by atoms with Crippen LogP contribution in [-0.4, -0.2) is 41.2 Å². The third kappa shape index (κ3) is 4.20. The van der Waals surface area contributed by atoms with Gasteiger partial charge < -0.3 is 4.57 Å². The first-order chi connectivity index (χ1) is 14.8. The number of carbonyl (C=O) groups excluding carboxylic acids is 1. The molecule has 1 aliphatic rings. The molecule has 3 heterocycles. The smallest absolute Gasteiger partial charge is 0.271 e. The van der Waals surface area contributed by atoms with E-state index in [9.17, 15) is 23.3 Å². The molecule has 0 saturated carbocycles. The maximum Gasteiger partial charge on any atom is 0.271 e. The Morgan fingerprint density at radius 1 is 1.29 bits per heavy atom. The van der Waals surface area contributed by atoms with Crippen molar-refractivity contribution in [2.45, 2.75) is 30.5 Å². The first-order valence-corrected chi connectivity index (χ1v) is 12.8. The van der Waals surface area contributed by atoms with E-state index in [4.69, 9.17) is 0 Å². The molecule has 0 spiro atoms. The van der Waals surface area contributed by atoms with Crippen LogP contribution in [0.25, 0.3) is 10.2 Å². The first-order valence-electron chi connectivity index (χ1n) is 9.71. The number of sulfonamides is 1. The normalized spacial score (nSPS) is 16.7. The second-order valence-electron chi connectivity index (χ2n) is 7.10. The predicted molar refractivity (Wildman–Crippen MR) is 119 cm³/mol. The van der Waals surface area contributed by atoms with Crippen molar-refractivity contribution in [1.82, 2.24) is 8.87 Å². The van der Waals surface area contributed by atoms with Gasteiger partial charge >= 0.3 is 0 Å². The van der Waals surface area contributed by atoms with Crippen molar-refractivity contribution in [2.75, 3.05) is 13.1 Å². The zero-order chi connectivity index (χ0) is 22.2. The van der Waals surface area contributed by atoms with Crippen LogP contribution in [0.2, 0.25) is 0 Å². The molecule has 4 rings (SSSR count). The molecule has 0 atom stereocenters. The molecule has 1 aliphatic heterocycles. The van der Waals surface area contributed by atoms with Crippen molar-refractivity contribution < 1.29 is 18.1 Å². The molecule has 2 aromatic heterocycles. The molecule has 12 heteroatoms. The van der Waals surface area contributed by atoms with Gasteiger partial charge in [0.05, 0.1) is 15.1 Å². The van der Waals surface area contributed by atoms with Gasteiger partial charge in [0.15, 0.2) is 4.80 Å². The molecule has 0 radical (unpaired) electrons. The monoisotopic (exact) mass is 480 g/mol. The number of amides is 1. The maximum absolute atomic E-state index is 12.8. The topological polar surface area (TPSA) is 115 Å². The van der Waals surface area contributed by atoms with Crippen LogP contribution < -0.4 is 4.80 Å². The second kappa shape index (κ2) is 8.61. The van der Waals surface area contributed by atoms with E-state index < -0.39 is 14.9 Å². The molecule has 31 heavy (non-hydrogen) atoms. The van der Waals surface area contributed by atoms with E-state index in [2.05, 4.69) is 4.99 Å². The number of hydrogen-bond acceptors (Lipinski definition) is 7. The van der Waals surface area contributed by atoms with E-state index in [0.717, 1.165) is 4.70 Å². The van der Waals surface area contributed by atoms with Gasteiger partial charge in [-0.25, -0.2) is 8.42 Å². The van der Waals surface area contributed by atoms with Gasteiger partial charge in [-0.3, -0.25) is 14.9 Å². The van der Waals surface area contributed by atoms with Gasteiger partial charge in [-0.2, -0.15) is 9.30 Å². The number of benzene rings is 1. The van der Waals surface area contributed by atoms with Gasteiger partial charge in [-0.1, -0.05) is 17.4 Å². The van der Waals surface area contributed by atoms with Crippen LogP contribution in [0.5, 0.6) is 0 Å². The Hall–Kier alpha value is -2.41. The summed E-state index contributed by atoms with van der Waals surface area (Å²) in [6.45, 7) is 2.96. The summed E-state index contributed by atoms with van der Waals surface area (Å²) >= 11 is 2.49. The predicted octanol–water partition coefficient (Wildman–Crippen LogP) is 3.22. The van der Waals surface area contributed by atoms with Crippen molar-refractivity contribution in [3.05, 3.63) is 50.6 Å². The number of nitro groups is 1. The van der Waals surface area contributed by atoms with Crippen molar-refractivity contribution in [3.63, 3.8) is 0 Å². The Kier molecular flexibility index (Phi) is 6.06. The average Bonchev–Trinajstić information content (AvgIpc) is 3.41. The van der Waals surface area contributed by atoms with Crippen molar-refractivity contribution in [1.29, 1.82) is 0 Å². The quantitative estimate of drug-likeness (QED) is 0.411. The van der Waals surface area contributed by atoms with E-state index in [1.54, 1.807) is 28.1 Å². The molecule has 1 amide bonds. The Balaban J connectivity index is 1.55. The van der Waals surface area contributed by atoms with Crippen LogP contribution in [0.15, 0.2) is 44.9 Å². The van der Waals surface area contributed by atoms with Gasteiger partial charge in [-0.15, -0.1) is 11.3 Å². The van der Waals surface area contributed by atoms with Crippen molar-refractivity contribution in [2.24, 2.45) is 10.9 Å². The summed E-state index contributed by atoms with van der Waals surface area (Å²) in [7, 11) is -3.51. The zero-order valence-electron chi connectivity index (χ0n) is 16.6. The maximum atomic E-state index is 12.8. The number of carbonyl (C=O) groups is 1. The van der Waals surface area contributed by atoms with E-state index in [1.165, 1.54) is 39.1 Å². The minimum atomic E-state index is -3.51. The standard InChI is InChI=1S/C19H20N4O5S3/c1-2-22-15-12-14(23(25)26)5-6-16(15)30-19(22)20-18(24)13-7-9-21(10-8-13)31(27,28)17-4-3-11-29-17/h3-6,11-13H,2,7-10H2,1H3. The minimum Gasteiger partial charge on any atom is -0.316 e. The van der Waals surface area contributed by atoms with Gasteiger partial charge in [-0.05, 0) is 37.3 Å². The molecule has 0 N–H and O–H groups in total. The molecule has 164 valence electrons. The Morgan fingerprint density at radius 2 is 2.03 bits per heavy atom.